The van der Waals surface area contributed by atoms with Crippen LogP contribution < -0.4 is 15.8 Å². The molecule has 110 valence electrons. The molecule has 1 aliphatic carbocycles. The van der Waals surface area contributed by atoms with Gasteiger partial charge in [0.05, 0.1) is 6.10 Å². The molecule has 3 rings (SSSR count). The van der Waals surface area contributed by atoms with Crippen molar-refractivity contribution in [1.82, 2.24) is 5.32 Å². The van der Waals surface area contributed by atoms with Gasteiger partial charge in [0.25, 0.3) is 0 Å². The highest BCUT2D eigenvalue weighted by Crippen LogP contribution is 2.40. The minimum atomic E-state index is 0.367. The van der Waals surface area contributed by atoms with Crippen LogP contribution in [0.1, 0.15) is 32.6 Å². The predicted octanol–water partition coefficient (Wildman–Crippen LogP) is 2.56. The Kier molecular flexibility index (Phi) is 4.27. The van der Waals surface area contributed by atoms with E-state index in [1.54, 1.807) is 0 Å². The fourth-order valence-corrected chi connectivity index (χ4v) is 4.13. The normalized spacial score (nSPS) is 36.6. The number of hydrogen-bond acceptors (Lipinski definition) is 3. The fraction of sp³-hybridized carbons (Fsp3) is 0.647. The Bertz CT molecular complexity index is 422. The Labute approximate surface area is 121 Å². The van der Waals surface area contributed by atoms with Gasteiger partial charge in [-0.3, -0.25) is 0 Å². The molecule has 0 radical (unpaired) electrons. The van der Waals surface area contributed by atoms with Gasteiger partial charge in [-0.2, -0.15) is 0 Å². The molecule has 1 aliphatic heterocycles. The van der Waals surface area contributed by atoms with Crippen LogP contribution in [0.4, 0.5) is 0 Å². The summed E-state index contributed by atoms with van der Waals surface area (Å²) in [5.41, 5.74) is 5.79. The Hall–Kier alpha value is -1.06. The van der Waals surface area contributed by atoms with Gasteiger partial charge < -0.3 is 15.8 Å². The highest BCUT2D eigenvalue weighted by atomic mass is 16.5. The second-order valence-corrected chi connectivity index (χ2v) is 6.33. The van der Waals surface area contributed by atoms with Crippen molar-refractivity contribution in [3.63, 3.8) is 0 Å². The summed E-state index contributed by atoms with van der Waals surface area (Å²) in [7, 11) is 0. The number of nitrogens with one attached hydrogen (secondary N) is 1. The molecule has 1 aromatic carbocycles. The molecule has 5 atom stereocenters. The summed E-state index contributed by atoms with van der Waals surface area (Å²) in [5, 5.41) is 3.76. The zero-order valence-electron chi connectivity index (χ0n) is 12.3. The Balaban J connectivity index is 1.64. The van der Waals surface area contributed by atoms with Gasteiger partial charge >= 0.3 is 0 Å². The highest BCUT2D eigenvalue weighted by molar-refractivity contribution is 5.21. The predicted molar refractivity (Wildman–Crippen MR) is 81.7 cm³/mol. The smallest absolute Gasteiger partial charge is 0.119 e. The topological polar surface area (TPSA) is 47.3 Å². The van der Waals surface area contributed by atoms with Gasteiger partial charge in [0.15, 0.2) is 0 Å². The van der Waals surface area contributed by atoms with Crippen LogP contribution in [0, 0.1) is 11.8 Å². The van der Waals surface area contributed by atoms with Gasteiger partial charge in [-0.25, -0.2) is 0 Å². The molecular weight excluding hydrogens is 248 g/mol. The molecule has 20 heavy (non-hydrogen) atoms. The van der Waals surface area contributed by atoms with Crippen LogP contribution in [-0.2, 0) is 0 Å². The molecule has 1 saturated heterocycles. The van der Waals surface area contributed by atoms with Crippen LogP contribution in [0.3, 0.4) is 0 Å². The van der Waals surface area contributed by atoms with Crippen molar-refractivity contribution in [2.75, 3.05) is 6.54 Å². The van der Waals surface area contributed by atoms with Crippen molar-refractivity contribution in [3.8, 4) is 5.75 Å². The molecule has 3 nitrogen and oxygen atoms in total. The summed E-state index contributed by atoms with van der Waals surface area (Å²) in [6.07, 6.45) is 5.05. The number of ether oxygens (including phenoxy) is 1. The van der Waals surface area contributed by atoms with Crippen molar-refractivity contribution in [3.05, 3.63) is 30.3 Å². The first-order valence-electron chi connectivity index (χ1n) is 7.95. The Morgan fingerprint density at radius 3 is 2.80 bits per heavy atom. The van der Waals surface area contributed by atoms with Gasteiger partial charge in [0.2, 0.25) is 0 Å². The summed E-state index contributed by atoms with van der Waals surface area (Å²) in [6.45, 7) is 3.11. The molecule has 0 bridgehead atoms. The number of fused-ring (bicyclic) bond motifs is 1. The minimum Gasteiger partial charge on any atom is -0.490 e. The molecule has 1 aromatic rings. The summed E-state index contributed by atoms with van der Waals surface area (Å²) >= 11 is 0. The number of rotatable bonds is 4. The average molecular weight is 274 g/mol. The van der Waals surface area contributed by atoms with E-state index in [1.165, 1.54) is 12.8 Å². The van der Waals surface area contributed by atoms with Gasteiger partial charge in [0, 0.05) is 12.1 Å². The van der Waals surface area contributed by atoms with Crippen LogP contribution in [0.5, 0.6) is 5.75 Å². The van der Waals surface area contributed by atoms with Crippen LogP contribution in [0.2, 0.25) is 0 Å². The molecule has 2 fully saturated rings. The summed E-state index contributed by atoms with van der Waals surface area (Å²) < 4.78 is 6.17. The first-order chi connectivity index (χ1) is 9.78. The highest BCUT2D eigenvalue weighted by Gasteiger charge is 2.43. The average Bonchev–Trinajstić information content (AvgIpc) is 2.77. The standard InChI is InChI=1S/C17H26N2O/c1-12-15(9-10-18)16-11-14(7-8-17(16)19-12)20-13-5-3-2-4-6-13/h2-6,12,14-17,19H,7-11,18H2,1H3. The second-order valence-electron chi connectivity index (χ2n) is 6.33. The maximum Gasteiger partial charge on any atom is 0.119 e. The van der Waals surface area contributed by atoms with E-state index in [2.05, 4.69) is 24.4 Å². The molecule has 3 N–H and O–H groups in total. The summed E-state index contributed by atoms with van der Waals surface area (Å²) in [4.78, 5) is 0. The number of nitrogens with two attached hydrogens (primary N) is 1. The zero-order chi connectivity index (χ0) is 13.9. The molecule has 3 heteroatoms. The van der Waals surface area contributed by atoms with Crippen LogP contribution in [0.25, 0.3) is 0 Å². The molecule has 0 amide bonds. The van der Waals surface area contributed by atoms with E-state index in [0.29, 0.717) is 24.1 Å². The second kappa shape index (κ2) is 6.15. The zero-order valence-corrected chi connectivity index (χ0v) is 12.3. The van der Waals surface area contributed by atoms with Crippen LogP contribution in [0.15, 0.2) is 30.3 Å². The maximum absolute atomic E-state index is 6.17. The lowest BCUT2D eigenvalue weighted by Gasteiger charge is -2.34. The molecule has 1 saturated carbocycles. The first kappa shape index (κ1) is 13.9. The van der Waals surface area contributed by atoms with E-state index in [1.807, 2.05) is 18.2 Å². The van der Waals surface area contributed by atoms with Crippen LogP contribution in [-0.4, -0.2) is 24.7 Å². The van der Waals surface area contributed by atoms with E-state index in [-0.39, 0.29) is 0 Å². The van der Waals surface area contributed by atoms with Gasteiger partial charge in [0.1, 0.15) is 5.75 Å². The number of benzene rings is 1. The van der Waals surface area contributed by atoms with E-state index in [9.17, 15) is 0 Å². The fourth-order valence-electron chi connectivity index (χ4n) is 4.13. The lowest BCUT2D eigenvalue weighted by molar-refractivity contribution is 0.101. The number of hydrogen-bond donors (Lipinski definition) is 2. The van der Waals surface area contributed by atoms with Gasteiger partial charge in [-0.1, -0.05) is 18.2 Å². The molecule has 1 heterocycles. The van der Waals surface area contributed by atoms with E-state index < -0.39 is 0 Å². The largest absolute Gasteiger partial charge is 0.490 e. The van der Waals surface area contributed by atoms with E-state index in [4.69, 9.17) is 10.5 Å². The molecule has 0 spiro atoms. The SMILES string of the molecule is CC1NC2CCC(Oc3ccccc3)CC2C1CCN. The summed E-state index contributed by atoms with van der Waals surface area (Å²) in [6, 6.07) is 11.5. The van der Waals surface area contributed by atoms with Crippen molar-refractivity contribution in [2.45, 2.75) is 50.8 Å². The van der Waals surface area contributed by atoms with Crippen molar-refractivity contribution in [2.24, 2.45) is 17.6 Å². The molecular formula is C17H26N2O. The third kappa shape index (κ3) is 2.84. The van der Waals surface area contributed by atoms with Crippen molar-refractivity contribution >= 4 is 0 Å². The van der Waals surface area contributed by atoms with Gasteiger partial charge in [-0.05, 0) is 63.1 Å². The summed E-state index contributed by atoms with van der Waals surface area (Å²) in [5.74, 6) is 2.45. The lowest BCUT2D eigenvalue weighted by atomic mass is 9.76. The maximum atomic E-state index is 6.17. The Morgan fingerprint density at radius 2 is 2.05 bits per heavy atom. The van der Waals surface area contributed by atoms with E-state index >= 15 is 0 Å². The molecule has 5 unspecified atom stereocenters. The lowest BCUT2D eigenvalue weighted by Crippen LogP contribution is -2.38. The minimum absolute atomic E-state index is 0.367. The third-order valence-corrected chi connectivity index (χ3v) is 5.07. The first-order valence-corrected chi connectivity index (χ1v) is 7.95. The van der Waals surface area contributed by atoms with E-state index in [0.717, 1.165) is 31.1 Å². The third-order valence-electron chi connectivity index (χ3n) is 5.07. The molecule has 2 aliphatic rings. The number of para-hydroxylation sites is 1. The Morgan fingerprint density at radius 1 is 1.25 bits per heavy atom. The van der Waals surface area contributed by atoms with Crippen molar-refractivity contribution in [1.29, 1.82) is 0 Å². The van der Waals surface area contributed by atoms with Crippen molar-refractivity contribution < 1.29 is 4.74 Å². The monoisotopic (exact) mass is 274 g/mol. The quantitative estimate of drug-likeness (QED) is 0.887. The molecule has 0 aromatic heterocycles. The van der Waals surface area contributed by atoms with Crippen LogP contribution >= 0.6 is 0 Å². The van der Waals surface area contributed by atoms with Gasteiger partial charge in [-0.15, -0.1) is 0 Å².